The van der Waals surface area contributed by atoms with Crippen molar-refractivity contribution in [2.45, 2.75) is 13.5 Å². The second kappa shape index (κ2) is 10.1. The van der Waals surface area contributed by atoms with Gasteiger partial charge < -0.3 is 19.7 Å². The van der Waals surface area contributed by atoms with Crippen LogP contribution in [0.5, 0.6) is 11.5 Å². The lowest BCUT2D eigenvalue weighted by atomic mass is 10.2. The summed E-state index contributed by atoms with van der Waals surface area (Å²) in [6.07, 6.45) is 0. The van der Waals surface area contributed by atoms with Gasteiger partial charge in [0.15, 0.2) is 0 Å². The Morgan fingerprint density at radius 3 is 2.41 bits per heavy atom. The molecule has 0 unspecified atom stereocenters. The van der Waals surface area contributed by atoms with E-state index in [0.29, 0.717) is 12.3 Å². The Bertz CT molecular complexity index is 794. The third kappa shape index (κ3) is 6.05. The van der Waals surface area contributed by atoms with Crippen molar-refractivity contribution in [3.63, 3.8) is 0 Å². The number of alkyl halides is 2. The van der Waals surface area contributed by atoms with Crippen LogP contribution in [0.2, 0.25) is 0 Å². The van der Waals surface area contributed by atoms with E-state index in [1.54, 1.807) is 0 Å². The Morgan fingerprint density at radius 1 is 1.07 bits per heavy atom. The molecule has 156 valence electrons. The largest absolute Gasteiger partial charge is 0.492 e. The molecule has 1 heterocycles. The number of nitrogens with one attached hydrogen (secondary N) is 1. The minimum atomic E-state index is -2.87. The maximum atomic E-state index is 12.3. The van der Waals surface area contributed by atoms with Crippen LogP contribution < -0.4 is 19.7 Å². The molecule has 1 aliphatic rings. The van der Waals surface area contributed by atoms with Crippen LogP contribution in [-0.2, 0) is 4.79 Å². The van der Waals surface area contributed by atoms with Gasteiger partial charge in [0, 0.05) is 31.9 Å². The first-order valence-electron chi connectivity index (χ1n) is 9.59. The van der Waals surface area contributed by atoms with Gasteiger partial charge in [-0.3, -0.25) is 9.69 Å². The van der Waals surface area contributed by atoms with Crippen molar-refractivity contribution < 1.29 is 23.0 Å². The molecule has 0 atom stereocenters. The van der Waals surface area contributed by atoms with Gasteiger partial charge in [0.2, 0.25) is 5.91 Å². The van der Waals surface area contributed by atoms with E-state index in [0.717, 1.165) is 37.6 Å². The molecule has 29 heavy (non-hydrogen) atoms. The maximum absolute atomic E-state index is 12.3. The first kappa shape index (κ1) is 20.9. The average molecular weight is 405 g/mol. The predicted octanol–water partition coefficient (Wildman–Crippen LogP) is 3.45. The van der Waals surface area contributed by atoms with Gasteiger partial charge in [-0.25, -0.2) is 0 Å². The third-order valence-electron chi connectivity index (χ3n) is 4.61. The van der Waals surface area contributed by atoms with E-state index in [-0.39, 0.29) is 18.2 Å². The Hall–Kier alpha value is -2.87. The SMILES string of the molecule is CCOc1ccccc1N1CCN(CC(=O)Nc2ccc(OC(F)F)cc2)CC1. The van der Waals surface area contributed by atoms with E-state index < -0.39 is 6.61 Å². The standard InChI is InChI=1S/C21H25F2N3O3/c1-2-28-19-6-4-3-5-18(19)26-13-11-25(12-14-26)15-20(27)24-16-7-9-17(10-8-16)29-21(22)23/h3-10,21H,2,11-15H2,1H3,(H,24,27). The first-order chi connectivity index (χ1) is 14.0. The molecule has 1 saturated heterocycles. The number of carbonyl (C=O) groups is 1. The molecule has 0 spiro atoms. The van der Waals surface area contributed by atoms with Gasteiger partial charge in [0.1, 0.15) is 11.5 Å². The maximum Gasteiger partial charge on any atom is 0.387 e. The van der Waals surface area contributed by atoms with Crippen LogP contribution in [0, 0.1) is 0 Å². The minimum Gasteiger partial charge on any atom is -0.492 e. The van der Waals surface area contributed by atoms with Gasteiger partial charge >= 0.3 is 6.61 Å². The summed E-state index contributed by atoms with van der Waals surface area (Å²) in [5.74, 6) is 0.789. The fourth-order valence-electron chi connectivity index (χ4n) is 3.27. The molecule has 0 radical (unpaired) electrons. The quantitative estimate of drug-likeness (QED) is 0.729. The zero-order valence-electron chi connectivity index (χ0n) is 16.3. The minimum absolute atomic E-state index is 0.0569. The molecule has 0 aromatic heterocycles. The molecule has 3 rings (SSSR count). The van der Waals surface area contributed by atoms with E-state index >= 15 is 0 Å². The Morgan fingerprint density at radius 2 is 1.76 bits per heavy atom. The lowest BCUT2D eigenvalue weighted by molar-refractivity contribution is -0.117. The highest BCUT2D eigenvalue weighted by Gasteiger charge is 2.21. The molecule has 0 saturated carbocycles. The van der Waals surface area contributed by atoms with Crippen molar-refractivity contribution >= 4 is 17.3 Å². The van der Waals surface area contributed by atoms with E-state index in [2.05, 4.69) is 25.9 Å². The number of hydrogen-bond donors (Lipinski definition) is 1. The van der Waals surface area contributed by atoms with Crippen molar-refractivity contribution in [1.29, 1.82) is 0 Å². The summed E-state index contributed by atoms with van der Waals surface area (Å²) in [5.41, 5.74) is 1.62. The summed E-state index contributed by atoms with van der Waals surface area (Å²) in [4.78, 5) is 16.6. The molecular weight excluding hydrogens is 380 g/mol. The summed E-state index contributed by atoms with van der Waals surface area (Å²) in [6, 6.07) is 13.9. The molecule has 0 aliphatic carbocycles. The zero-order chi connectivity index (χ0) is 20.6. The number of amides is 1. The van der Waals surface area contributed by atoms with Crippen molar-refractivity contribution in [3.8, 4) is 11.5 Å². The van der Waals surface area contributed by atoms with Crippen LogP contribution in [0.3, 0.4) is 0 Å². The number of halogens is 2. The highest BCUT2D eigenvalue weighted by atomic mass is 19.3. The highest BCUT2D eigenvalue weighted by Crippen LogP contribution is 2.28. The lowest BCUT2D eigenvalue weighted by Crippen LogP contribution is -2.48. The number of para-hydroxylation sites is 2. The lowest BCUT2D eigenvalue weighted by Gasteiger charge is -2.36. The summed E-state index contributed by atoms with van der Waals surface area (Å²) < 4.78 is 34.4. The Labute approximate surface area is 169 Å². The molecule has 8 heteroatoms. The number of benzene rings is 2. The van der Waals surface area contributed by atoms with Crippen molar-refractivity contribution in [2.24, 2.45) is 0 Å². The van der Waals surface area contributed by atoms with Crippen molar-refractivity contribution in [3.05, 3.63) is 48.5 Å². The van der Waals surface area contributed by atoms with Gasteiger partial charge in [-0.2, -0.15) is 8.78 Å². The first-order valence-corrected chi connectivity index (χ1v) is 9.59. The molecule has 0 bridgehead atoms. The third-order valence-corrected chi connectivity index (χ3v) is 4.61. The van der Waals surface area contributed by atoms with E-state index in [4.69, 9.17) is 4.74 Å². The van der Waals surface area contributed by atoms with Gasteiger partial charge in [-0.05, 0) is 43.3 Å². The summed E-state index contributed by atoms with van der Waals surface area (Å²) in [7, 11) is 0. The molecule has 6 nitrogen and oxygen atoms in total. The van der Waals surface area contributed by atoms with E-state index in [9.17, 15) is 13.6 Å². The Kier molecular flexibility index (Phi) is 7.24. The summed E-state index contributed by atoms with van der Waals surface area (Å²) in [5, 5.41) is 2.78. The summed E-state index contributed by atoms with van der Waals surface area (Å²) >= 11 is 0. The van der Waals surface area contributed by atoms with Crippen LogP contribution >= 0.6 is 0 Å². The number of anilines is 2. The molecule has 2 aromatic rings. The second-order valence-corrected chi connectivity index (χ2v) is 6.61. The number of hydrogen-bond acceptors (Lipinski definition) is 5. The van der Waals surface area contributed by atoms with E-state index in [1.807, 2.05) is 25.1 Å². The number of nitrogens with zero attached hydrogens (tertiary/aromatic N) is 2. The van der Waals surface area contributed by atoms with Crippen LogP contribution in [0.15, 0.2) is 48.5 Å². The van der Waals surface area contributed by atoms with Crippen molar-refractivity contribution in [2.75, 3.05) is 49.5 Å². The molecule has 2 aromatic carbocycles. The molecule has 1 aliphatic heterocycles. The normalized spacial score (nSPS) is 14.7. The van der Waals surface area contributed by atoms with Crippen LogP contribution in [0.1, 0.15) is 6.92 Å². The topological polar surface area (TPSA) is 54.0 Å². The average Bonchev–Trinajstić information content (AvgIpc) is 2.70. The van der Waals surface area contributed by atoms with Crippen LogP contribution in [-0.4, -0.2) is 56.7 Å². The summed E-state index contributed by atoms with van der Waals surface area (Å²) in [6.45, 7) is 3.11. The van der Waals surface area contributed by atoms with Gasteiger partial charge in [0.25, 0.3) is 0 Å². The fourth-order valence-corrected chi connectivity index (χ4v) is 3.27. The van der Waals surface area contributed by atoms with Crippen LogP contribution in [0.4, 0.5) is 20.2 Å². The number of carbonyl (C=O) groups excluding carboxylic acids is 1. The van der Waals surface area contributed by atoms with E-state index in [1.165, 1.54) is 24.3 Å². The number of ether oxygens (including phenoxy) is 2. The number of piperazine rings is 1. The fraction of sp³-hybridized carbons (Fsp3) is 0.381. The molecule has 1 fully saturated rings. The Balaban J connectivity index is 1.47. The monoisotopic (exact) mass is 405 g/mol. The second-order valence-electron chi connectivity index (χ2n) is 6.61. The zero-order valence-corrected chi connectivity index (χ0v) is 16.3. The predicted molar refractivity (Wildman–Crippen MR) is 108 cm³/mol. The highest BCUT2D eigenvalue weighted by molar-refractivity contribution is 5.92. The van der Waals surface area contributed by atoms with Gasteiger partial charge in [-0.1, -0.05) is 12.1 Å². The smallest absolute Gasteiger partial charge is 0.387 e. The molecular formula is C21H25F2N3O3. The number of rotatable bonds is 8. The van der Waals surface area contributed by atoms with Crippen LogP contribution in [0.25, 0.3) is 0 Å². The van der Waals surface area contributed by atoms with Gasteiger partial charge in [0.05, 0.1) is 18.8 Å². The van der Waals surface area contributed by atoms with Crippen molar-refractivity contribution in [1.82, 2.24) is 4.90 Å². The van der Waals surface area contributed by atoms with Gasteiger partial charge in [-0.15, -0.1) is 0 Å². The molecule has 1 N–H and O–H groups in total. The molecule has 1 amide bonds.